The largest absolute Gasteiger partial charge is 0.387 e. The van der Waals surface area contributed by atoms with Crippen molar-refractivity contribution >= 4 is 29.1 Å². The molecule has 0 heterocycles. The van der Waals surface area contributed by atoms with Gasteiger partial charge in [-0.05, 0) is 29.9 Å². The molecule has 0 saturated heterocycles. The standard InChI is InChI=1S/C11H16ClNS/c1-7(2)8-5-9(12)11(14-4)10(6-8)13-3/h5-7,13H,1-4H3. The molecule has 0 aromatic heterocycles. The Morgan fingerprint density at radius 2 is 2.00 bits per heavy atom. The zero-order chi connectivity index (χ0) is 10.7. The van der Waals surface area contributed by atoms with E-state index < -0.39 is 0 Å². The molecule has 78 valence electrons. The molecule has 1 aromatic rings. The van der Waals surface area contributed by atoms with Gasteiger partial charge >= 0.3 is 0 Å². The second kappa shape index (κ2) is 4.94. The van der Waals surface area contributed by atoms with E-state index in [9.17, 15) is 0 Å². The van der Waals surface area contributed by atoms with Crippen LogP contribution in [0.1, 0.15) is 25.3 Å². The van der Waals surface area contributed by atoms with Crippen LogP contribution in [0.3, 0.4) is 0 Å². The lowest BCUT2D eigenvalue weighted by molar-refractivity contribution is 0.865. The minimum Gasteiger partial charge on any atom is -0.387 e. The summed E-state index contributed by atoms with van der Waals surface area (Å²) in [5.41, 5.74) is 2.39. The maximum Gasteiger partial charge on any atom is 0.0565 e. The van der Waals surface area contributed by atoms with Gasteiger partial charge in [-0.15, -0.1) is 11.8 Å². The third kappa shape index (κ3) is 2.37. The maximum absolute atomic E-state index is 6.20. The van der Waals surface area contributed by atoms with Crippen molar-refractivity contribution in [1.29, 1.82) is 0 Å². The molecule has 1 rings (SSSR count). The van der Waals surface area contributed by atoms with Gasteiger partial charge in [-0.1, -0.05) is 25.4 Å². The third-order valence-corrected chi connectivity index (χ3v) is 3.46. The minimum atomic E-state index is 0.510. The first-order valence-electron chi connectivity index (χ1n) is 4.65. The lowest BCUT2D eigenvalue weighted by atomic mass is 10.0. The fraction of sp³-hybridized carbons (Fsp3) is 0.455. The fourth-order valence-corrected chi connectivity index (χ4v) is 2.43. The Morgan fingerprint density at radius 1 is 1.36 bits per heavy atom. The number of halogens is 1. The molecular weight excluding hydrogens is 214 g/mol. The molecule has 0 aliphatic heterocycles. The Kier molecular flexibility index (Phi) is 4.14. The van der Waals surface area contributed by atoms with Gasteiger partial charge in [0.25, 0.3) is 0 Å². The highest BCUT2D eigenvalue weighted by Crippen LogP contribution is 2.35. The van der Waals surface area contributed by atoms with Gasteiger partial charge in [0.2, 0.25) is 0 Å². The molecule has 0 aliphatic rings. The molecule has 0 bridgehead atoms. The van der Waals surface area contributed by atoms with E-state index in [-0.39, 0.29) is 0 Å². The van der Waals surface area contributed by atoms with Gasteiger partial charge in [0.1, 0.15) is 0 Å². The van der Waals surface area contributed by atoms with Crippen LogP contribution in [0.25, 0.3) is 0 Å². The van der Waals surface area contributed by atoms with Crippen LogP contribution in [0.2, 0.25) is 5.02 Å². The lowest BCUT2D eigenvalue weighted by Gasteiger charge is -2.13. The van der Waals surface area contributed by atoms with E-state index in [2.05, 4.69) is 31.3 Å². The number of benzene rings is 1. The molecule has 1 aromatic carbocycles. The van der Waals surface area contributed by atoms with Crippen molar-refractivity contribution in [1.82, 2.24) is 0 Å². The average molecular weight is 230 g/mol. The summed E-state index contributed by atoms with van der Waals surface area (Å²) >= 11 is 7.87. The van der Waals surface area contributed by atoms with E-state index in [1.807, 2.05) is 13.3 Å². The lowest BCUT2D eigenvalue weighted by Crippen LogP contribution is -1.95. The van der Waals surface area contributed by atoms with E-state index in [0.29, 0.717) is 5.92 Å². The van der Waals surface area contributed by atoms with Crippen LogP contribution < -0.4 is 5.32 Å². The van der Waals surface area contributed by atoms with Crippen molar-refractivity contribution in [3.8, 4) is 0 Å². The summed E-state index contributed by atoms with van der Waals surface area (Å²) in [6, 6.07) is 4.22. The Morgan fingerprint density at radius 3 is 2.43 bits per heavy atom. The highest BCUT2D eigenvalue weighted by molar-refractivity contribution is 7.98. The molecule has 0 atom stereocenters. The summed E-state index contributed by atoms with van der Waals surface area (Å²) in [4.78, 5) is 1.12. The number of nitrogens with one attached hydrogen (secondary N) is 1. The van der Waals surface area contributed by atoms with Crippen molar-refractivity contribution < 1.29 is 0 Å². The van der Waals surface area contributed by atoms with Gasteiger partial charge in [-0.3, -0.25) is 0 Å². The number of thioether (sulfide) groups is 1. The topological polar surface area (TPSA) is 12.0 Å². The summed E-state index contributed by atoms with van der Waals surface area (Å²) in [5.74, 6) is 0.510. The average Bonchev–Trinajstić information content (AvgIpc) is 2.16. The van der Waals surface area contributed by atoms with Crippen LogP contribution in [0.5, 0.6) is 0 Å². The Labute approximate surface area is 95.2 Å². The molecule has 0 aliphatic carbocycles. The highest BCUT2D eigenvalue weighted by Gasteiger charge is 2.09. The molecular formula is C11H16ClNS. The second-order valence-corrected chi connectivity index (χ2v) is 4.71. The van der Waals surface area contributed by atoms with Crippen molar-refractivity contribution in [2.45, 2.75) is 24.7 Å². The summed E-state index contributed by atoms with van der Waals surface area (Å²) in [7, 11) is 1.93. The predicted octanol–water partition coefficient (Wildman–Crippen LogP) is 4.23. The Bertz CT molecular complexity index is 323. The molecule has 14 heavy (non-hydrogen) atoms. The van der Waals surface area contributed by atoms with Crippen LogP contribution in [0.4, 0.5) is 5.69 Å². The van der Waals surface area contributed by atoms with E-state index >= 15 is 0 Å². The first-order chi connectivity index (χ1) is 6.60. The number of rotatable bonds is 3. The van der Waals surface area contributed by atoms with Gasteiger partial charge in [-0.25, -0.2) is 0 Å². The van der Waals surface area contributed by atoms with Gasteiger partial charge in [-0.2, -0.15) is 0 Å². The van der Waals surface area contributed by atoms with Crippen LogP contribution >= 0.6 is 23.4 Å². The first-order valence-corrected chi connectivity index (χ1v) is 6.25. The van der Waals surface area contributed by atoms with Crippen molar-refractivity contribution in [2.24, 2.45) is 0 Å². The summed E-state index contributed by atoms with van der Waals surface area (Å²) < 4.78 is 0. The molecule has 0 amide bonds. The van der Waals surface area contributed by atoms with Gasteiger partial charge in [0, 0.05) is 17.6 Å². The molecule has 0 fully saturated rings. The Hall–Kier alpha value is -0.340. The van der Waals surface area contributed by atoms with Gasteiger partial charge in [0.05, 0.1) is 5.02 Å². The van der Waals surface area contributed by atoms with Gasteiger partial charge < -0.3 is 5.32 Å². The zero-order valence-corrected chi connectivity index (χ0v) is 10.6. The van der Waals surface area contributed by atoms with Crippen LogP contribution in [-0.2, 0) is 0 Å². The van der Waals surface area contributed by atoms with E-state index in [0.717, 1.165) is 15.6 Å². The highest BCUT2D eigenvalue weighted by atomic mass is 35.5. The van der Waals surface area contributed by atoms with E-state index in [1.54, 1.807) is 11.8 Å². The minimum absolute atomic E-state index is 0.510. The van der Waals surface area contributed by atoms with E-state index in [4.69, 9.17) is 11.6 Å². The molecule has 0 radical (unpaired) electrons. The number of hydrogen-bond acceptors (Lipinski definition) is 2. The summed E-state index contributed by atoms with van der Waals surface area (Å²) in [5, 5.41) is 4.02. The molecule has 0 spiro atoms. The number of anilines is 1. The predicted molar refractivity (Wildman–Crippen MR) is 66.9 cm³/mol. The van der Waals surface area contributed by atoms with Crippen LogP contribution in [0, 0.1) is 0 Å². The van der Waals surface area contributed by atoms with Crippen molar-refractivity contribution in [2.75, 3.05) is 18.6 Å². The summed E-state index contributed by atoms with van der Waals surface area (Å²) in [6.07, 6.45) is 2.04. The number of hydrogen-bond donors (Lipinski definition) is 1. The van der Waals surface area contributed by atoms with E-state index in [1.165, 1.54) is 5.56 Å². The van der Waals surface area contributed by atoms with Crippen LogP contribution in [0.15, 0.2) is 17.0 Å². The smallest absolute Gasteiger partial charge is 0.0565 e. The van der Waals surface area contributed by atoms with Crippen LogP contribution in [-0.4, -0.2) is 13.3 Å². The molecule has 3 heteroatoms. The van der Waals surface area contributed by atoms with Crippen molar-refractivity contribution in [3.05, 3.63) is 22.7 Å². The third-order valence-electron chi connectivity index (χ3n) is 2.21. The maximum atomic E-state index is 6.20. The molecule has 1 nitrogen and oxygen atoms in total. The molecule has 0 unspecified atom stereocenters. The quantitative estimate of drug-likeness (QED) is 0.779. The van der Waals surface area contributed by atoms with Gasteiger partial charge in [0.15, 0.2) is 0 Å². The molecule has 0 saturated carbocycles. The zero-order valence-electron chi connectivity index (χ0n) is 9.02. The Balaban J connectivity index is 3.24. The molecule has 1 N–H and O–H groups in total. The summed E-state index contributed by atoms with van der Waals surface area (Å²) in [6.45, 7) is 4.34. The van der Waals surface area contributed by atoms with Crippen molar-refractivity contribution in [3.63, 3.8) is 0 Å². The SMILES string of the molecule is CNc1cc(C(C)C)cc(Cl)c1SC. The second-order valence-electron chi connectivity index (χ2n) is 3.49. The first kappa shape index (κ1) is 11.7. The fourth-order valence-electron chi connectivity index (χ4n) is 1.34. The normalized spacial score (nSPS) is 10.7. The monoisotopic (exact) mass is 229 g/mol.